The average molecular weight is 425 g/mol. The highest BCUT2D eigenvalue weighted by Crippen LogP contribution is 2.34. The smallest absolute Gasteiger partial charge is 0.165 e. The summed E-state index contributed by atoms with van der Waals surface area (Å²) in [7, 11) is 1.63. The quantitative estimate of drug-likeness (QED) is 0.529. The monoisotopic (exact) mass is 425 g/mol. The minimum atomic E-state index is 0.500. The molecule has 32 heavy (non-hydrogen) atoms. The van der Waals surface area contributed by atoms with Crippen molar-refractivity contribution in [3.05, 3.63) is 65.4 Å². The number of pyridine rings is 1. The van der Waals surface area contributed by atoms with Crippen LogP contribution in [0.15, 0.2) is 54.9 Å². The van der Waals surface area contributed by atoms with Crippen molar-refractivity contribution < 1.29 is 9.47 Å². The lowest BCUT2D eigenvalue weighted by Crippen LogP contribution is -2.27. The van der Waals surface area contributed by atoms with Crippen LogP contribution in [0.3, 0.4) is 0 Å². The number of nitrogens with two attached hydrogens (primary N) is 1. The van der Waals surface area contributed by atoms with Gasteiger partial charge in [-0.3, -0.25) is 4.98 Å². The van der Waals surface area contributed by atoms with Gasteiger partial charge in [0.05, 0.1) is 31.0 Å². The van der Waals surface area contributed by atoms with Gasteiger partial charge in [0.1, 0.15) is 5.82 Å². The molecule has 0 saturated heterocycles. The van der Waals surface area contributed by atoms with E-state index in [1.807, 2.05) is 43.5 Å². The lowest BCUT2D eigenvalue weighted by Gasteiger charge is -2.11. The zero-order valence-electron chi connectivity index (χ0n) is 17.9. The largest absolute Gasteiger partial charge is 0.493 e. The molecule has 0 radical (unpaired) electrons. The van der Waals surface area contributed by atoms with Gasteiger partial charge in [-0.2, -0.15) is 9.61 Å². The summed E-state index contributed by atoms with van der Waals surface area (Å²) in [5.74, 6) is 1.85. The number of aromatic nitrogens is 4. The molecule has 0 saturated carbocycles. The van der Waals surface area contributed by atoms with Gasteiger partial charge in [-0.25, -0.2) is 4.98 Å². The molecular weight excluding hydrogens is 402 g/mol. The Morgan fingerprint density at radius 1 is 1.09 bits per heavy atom. The van der Waals surface area contributed by atoms with Crippen LogP contribution in [0.2, 0.25) is 0 Å². The molecule has 7 nitrogen and oxygen atoms in total. The first-order chi connectivity index (χ1) is 15.7. The van der Waals surface area contributed by atoms with Crippen LogP contribution in [0.4, 0.5) is 5.82 Å². The van der Waals surface area contributed by atoms with Gasteiger partial charge in [0.25, 0.3) is 0 Å². The van der Waals surface area contributed by atoms with Crippen molar-refractivity contribution >= 4 is 23.6 Å². The third-order valence-corrected chi connectivity index (χ3v) is 5.38. The molecule has 4 aromatic rings. The highest BCUT2D eigenvalue weighted by molar-refractivity contribution is 5.81. The molecular formula is C25H23N5O2. The summed E-state index contributed by atoms with van der Waals surface area (Å²) in [6, 6.07) is 9.69. The van der Waals surface area contributed by atoms with E-state index in [0.717, 1.165) is 39.4 Å². The summed E-state index contributed by atoms with van der Waals surface area (Å²) < 4.78 is 12.8. The Labute approximate surface area is 185 Å². The third kappa shape index (κ3) is 3.47. The zero-order valence-corrected chi connectivity index (χ0v) is 17.9. The number of fused-ring (bicyclic) bond motifs is 2. The SMILES string of the molecule is CCOc1cc(-c2cnn3c(N)cc(-c4cnc5c(c4)=CC=CCC=5)nc23)ccc1OC. The summed E-state index contributed by atoms with van der Waals surface area (Å²) in [6.07, 6.45) is 12.8. The second kappa shape index (κ2) is 8.19. The van der Waals surface area contributed by atoms with Gasteiger partial charge in [-0.05, 0) is 37.1 Å². The lowest BCUT2D eigenvalue weighted by atomic mass is 10.1. The molecule has 3 aromatic heterocycles. The van der Waals surface area contributed by atoms with Crippen molar-refractivity contribution in [1.82, 2.24) is 19.6 Å². The number of nitrogens with zero attached hydrogens (tertiary/aromatic N) is 4. The van der Waals surface area contributed by atoms with E-state index in [2.05, 4.69) is 34.4 Å². The number of hydrogen-bond donors (Lipinski definition) is 1. The average Bonchev–Trinajstić information content (AvgIpc) is 3.10. The van der Waals surface area contributed by atoms with Crippen LogP contribution < -0.4 is 25.8 Å². The van der Waals surface area contributed by atoms with Gasteiger partial charge in [-0.1, -0.05) is 30.4 Å². The molecule has 5 rings (SSSR count). The summed E-state index contributed by atoms with van der Waals surface area (Å²) in [4.78, 5) is 9.52. The van der Waals surface area contributed by atoms with Gasteiger partial charge in [0, 0.05) is 28.6 Å². The predicted octanol–water partition coefficient (Wildman–Crippen LogP) is 2.97. The van der Waals surface area contributed by atoms with E-state index in [1.165, 1.54) is 0 Å². The molecule has 0 spiro atoms. The van der Waals surface area contributed by atoms with E-state index in [4.69, 9.17) is 20.2 Å². The molecule has 160 valence electrons. The van der Waals surface area contributed by atoms with Crippen LogP contribution in [0, 0.1) is 0 Å². The number of hydrogen-bond acceptors (Lipinski definition) is 6. The minimum Gasteiger partial charge on any atom is -0.493 e. The van der Waals surface area contributed by atoms with Crippen LogP contribution >= 0.6 is 0 Å². The Hall–Kier alpha value is -4.13. The summed E-state index contributed by atoms with van der Waals surface area (Å²) in [5, 5.41) is 6.48. The predicted molar refractivity (Wildman–Crippen MR) is 126 cm³/mol. The molecule has 1 aliphatic rings. The fraction of sp³-hybridized carbons (Fsp3) is 0.160. The second-order valence-electron chi connectivity index (χ2n) is 7.39. The van der Waals surface area contributed by atoms with E-state index in [0.29, 0.717) is 29.6 Å². The number of anilines is 1. The van der Waals surface area contributed by atoms with E-state index < -0.39 is 0 Å². The van der Waals surface area contributed by atoms with Gasteiger partial charge in [0.2, 0.25) is 0 Å². The van der Waals surface area contributed by atoms with Gasteiger partial charge in [-0.15, -0.1) is 0 Å². The first kappa shape index (κ1) is 19.8. The number of ether oxygens (including phenoxy) is 2. The summed E-state index contributed by atoms with van der Waals surface area (Å²) in [6.45, 7) is 2.48. The highest BCUT2D eigenvalue weighted by Gasteiger charge is 2.15. The highest BCUT2D eigenvalue weighted by atomic mass is 16.5. The van der Waals surface area contributed by atoms with Gasteiger partial charge >= 0.3 is 0 Å². The van der Waals surface area contributed by atoms with Crippen molar-refractivity contribution in [1.29, 1.82) is 0 Å². The Bertz CT molecular complexity index is 1470. The van der Waals surface area contributed by atoms with Gasteiger partial charge < -0.3 is 15.2 Å². The van der Waals surface area contributed by atoms with Crippen molar-refractivity contribution in [2.45, 2.75) is 13.3 Å². The first-order valence-corrected chi connectivity index (χ1v) is 10.5. The standard InChI is InChI=1S/C25H23N5O2/c1-3-32-23-12-16(9-10-22(23)31-2)19-15-28-30-24(26)13-21(29-25(19)30)18-11-17-7-5-4-6-8-20(17)27-14-18/h4-5,7-15H,3,6,26H2,1-2H3. The lowest BCUT2D eigenvalue weighted by molar-refractivity contribution is 0.311. The minimum absolute atomic E-state index is 0.500. The van der Waals surface area contributed by atoms with Crippen LogP contribution in [0.25, 0.3) is 40.2 Å². The van der Waals surface area contributed by atoms with E-state index >= 15 is 0 Å². The van der Waals surface area contributed by atoms with Crippen LogP contribution in [-0.2, 0) is 0 Å². The van der Waals surface area contributed by atoms with E-state index in [9.17, 15) is 0 Å². The molecule has 7 heteroatoms. The molecule has 2 N–H and O–H groups in total. The van der Waals surface area contributed by atoms with Crippen LogP contribution in [0.1, 0.15) is 13.3 Å². The third-order valence-electron chi connectivity index (χ3n) is 5.38. The molecule has 0 fully saturated rings. The molecule has 3 heterocycles. The number of methoxy groups -OCH3 is 1. The number of nitrogen functional groups attached to an aromatic ring is 1. The molecule has 1 aliphatic carbocycles. The van der Waals surface area contributed by atoms with Crippen molar-refractivity contribution in [3.8, 4) is 33.9 Å². The maximum Gasteiger partial charge on any atom is 0.165 e. The fourth-order valence-electron chi connectivity index (χ4n) is 3.82. The Balaban J connectivity index is 1.66. The number of rotatable bonds is 5. The molecule has 0 atom stereocenters. The van der Waals surface area contributed by atoms with Crippen LogP contribution in [-0.4, -0.2) is 33.3 Å². The fourth-order valence-corrected chi connectivity index (χ4v) is 3.82. The molecule has 0 unspecified atom stereocenters. The Morgan fingerprint density at radius 2 is 2.00 bits per heavy atom. The maximum absolute atomic E-state index is 6.34. The van der Waals surface area contributed by atoms with E-state index in [-0.39, 0.29) is 0 Å². The summed E-state index contributed by atoms with van der Waals surface area (Å²) >= 11 is 0. The summed E-state index contributed by atoms with van der Waals surface area (Å²) in [5.41, 5.74) is 10.4. The van der Waals surface area contributed by atoms with Crippen molar-refractivity contribution in [3.63, 3.8) is 0 Å². The molecule has 0 aliphatic heterocycles. The van der Waals surface area contributed by atoms with Crippen molar-refractivity contribution in [2.24, 2.45) is 0 Å². The topological polar surface area (TPSA) is 87.6 Å². The second-order valence-corrected chi connectivity index (χ2v) is 7.39. The van der Waals surface area contributed by atoms with E-state index in [1.54, 1.807) is 17.8 Å². The van der Waals surface area contributed by atoms with Crippen LogP contribution in [0.5, 0.6) is 11.5 Å². The first-order valence-electron chi connectivity index (χ1n) is 10.5. The molecule has 1 aromatic carbocycles. The Kier molecular flexibility index (Phi) is 5.07. The normalized spacial score (nSPS) is 12.6. The van der Waals surface area contributed by atoms with Crippen molar-refractivity contribution in [2.75, 3.05) is 19.5 Å². The molecule has 0 amide bonds. The number of benzene rings is 1. The Morgan fingerprint density at radius 3 is 2.84 bits per heavy atom. The zero-order chi connectivity index (χ0) is 22.1. The molecule has 0 bridgehead atoms. The van der Waals surface area contributed by atoms with Gasteiger partial charge in [0.15, 0.2) is 17.1 Å². The maximum atomic E-state index is 6.34. The number of allylic oxidation sites excluding steroid dienone is 2.